The number of aryl methyl sites for hydroxylation is 2. The average Bonchev–Trinajstić information content (AvgIpc) is 3.23. The van der Waals surface area contributed by atoms with Crippen LogP contribution in [0.2, 0.25) is 0 Å². The number of nitrogens with zero attached hydrogens (tertiary/aromatic N) is 3. The standard InChI is InChI=1S/C18H16N4O3/c1-11-5-3-7-22-15(11)20-16-13(18(22)24)9-14(21(16)2)17(23)19-10-12-6-4-8-25-12/h3-9H,10H2,1-2H3,(H,19,23). The van der Waals surface area contributed by atoms with Crippen molar-refractivity contribution in [3.63, 3.8) is 0 Å². The molecule has 4 heterocycles. The third kappa shape index (κ3) is 2.40. The molecule has 0 aromatic carbocycles. The lowest BCUT2D eigenvalue weighted by molar-refractivity contribution is 0.0940. The van der Waals surface area contributed by atoms with Crippen LogP contribution in [0.3, 0.4) is 0 Å². The van der Waals surface area contributed by atoms with Gasteiger partial charge < -0.3 is 14.3 Å². The van der Waals surface area contributed by atoms with Crippen LogP contribution in [0.5, 0.6) is 0 Å². The molecule has 1 N–H and O–H groups in total. The summed E-state index contributed by atoms with van der Waals surface area (Å²) >= 11 is 0. The van der Waals surface area contributed by atoms with Gasteiger partial charge in [-0.3, -0.25) is 14.0 Å². The van der Waals surface area contributed by atoms with Gasteiger partial charge >= 0.3 is 0 Å². The van der Waals surface area contributed by atoms with Gasteiger partial charge in [-0.15, -0.1) is 0 Å². The molecule has 0 aliphatic rings. The van der Waals surface area contributed by atoms with E-state index in [2.05, 4.69) is 10.3 Å². The zero-order valence-electron chi connectivity index (χ0n) is 13.8. The van der Waals surface area contributed by atoms with Gasteiger partial charge in [-0.05, 0) is 36.8 Å². The molecule has 0 saturated heterocycles. The first-order chi connectivity index (χ1) is 12.1. The maximum Gasteiger partial charge on any atom is 0.268 e. The number of carbonyl (C=O) groups excluding carboxylic acids is 1. The van der Waals surface area contributed by atoms with E-state index in [1.54, 1.807) is 48.3 Å². The van der Waals surface area contributed by atoms with Gasteiger partial charge in [-0.2, -0.15) is 0 Å². The monoisotopic (exact) mass is 336 g/mol. The van der Waals surface area contributed by atoms with E-state index in [1.165, 1.54) is 4.40 Å². The second kappa shape index (κ2) is 5.62. The third-order valence-electron chi connectivity index (χ3n) is 4.26. The first-order valence-electron chi connectivity index (χ1n) is 7.84. The van der Waals surface area contributed by atoms with Crippen molar-refractivity contribution < 1.29 is 9.21 Å². The summed E-state index contributed by atoms with van der Waals surface area (Å²) in [4.78, 5) is 29.8. The predicted octanol–water partition coefficient (Wildman–Crippen LogP) is 2.02. The van der Waals surface area contributed by atoms with Gasteiger partial charge in [0.25, 0.3) is 11.5 Å². The number of pyridine rings is 1. The highest BCUT2D eigenvalue weighted by Gasteiger charge is 2.18. The van der Waals surface area contributed by atoms with Crippen molar-refractivity contribution in [2.24, 2.45) is 7.05 Å². The number of furan rings is 1. The van der Waals surface area contributed by atoms with Crippen molar-refractivity contribution in [2.45, 2.75) is 13.5 Å². The van der Waals surface area contributed by atoms with Gasteiger partial charge in [0.05, 0.1) is 18.2 Å². The Morgan fingerprint density at radius 1 is 1.28 bits per heavy atom. The summed E-state index contributed by atoms with van der Waals surface area (Å²) in [5.41, 5.74) is 2.15. The minimum Gasteiger partial charge on any atom is -0.467 e. The van der Waals surface area contributed by atoms with Gasteiger partial charge in [-0.25, -0.2) is 4.98 Å². The molecule has 126 valence electrons. The summed E-state index contributed by atoms with van der Waals surface area (Å²) in [7, 11) is 1.73. The van der Waals surface area contributed by atoms with E-state index in [1.807, 2.05) is 13.0 Å². The fourth-order valence-electron chi connectivity index (χ4n) is 2.92. The zero-order chi connectivity index (χ0) is 17.6. The molecule has 7 heteroatoms. The summed E-state index contributed by atoms with van der Waals surface area (Å²) < 4.78 is 8.35. The molecule has 0 bridgehead atoms. The lowest BCUT2D eigenvalue weighted by Gasteiger charge is -2.06. The predicted molar refractivity (Wildman–Crippen MR) is 92.6 cm³/mol. The van der Waals surface area contributed by atoms with Gasteiger partial charge in [0.2, 0.25) is 0 Å². The average molecular weight is 336 g/mol. The van der Waals surface area contributed by atoms with E-state index in [0.29, 0.717) is 28.1 Å². The maximum atomic E-state index is 12.7. The van der Waals surface area contributed by atoms with Crippen molar-refractivity contribution in [2.75, 3.05) is 0 Å². The molecule has 0 aliphatic carbocycles. The van der Waals surface area contributed by atoms with E-state index < -0.39 is 0 Å². The minimum atomic E-state index is -0.290. The summed E-state index contributed by atoms with van der Waals surface area (Å²) in [6.45, 7) is 2.17. The fraction of sp³-hybridized carbons (Fsp3) is 0.167. The number of amides is 1. The van der Waals surface area contributed by atoms with Gasteiger partial charge in [0.1, 0.15) is 22.7 Å². The van der Waals surface area contributed by atoms with Crippen molar-refractivity contribution in [3.8, 4) is 0 Å². The van der Waals surface area contributed by atoms with Crippen LogP contribution in [0, 0.1) is 6.92 Å². The molecule has 4 aromatic rings. The summed E-state index contributed by atoms with van der Waals surface area (Å²) in [6, 6.07) is 8.82. The topological polar surface area (TPSA) is 81.5 Å². The Balaban J connectivity index is 1.80. The molecular formula is C18H16N4O3. The number of aromatic nitrogens is 3. The number of carbonyl (C=O) groups is 1. The Morgan fingerprint density at radius 3 is 2.88 bits per heavy atom. The normalized spacial score (nSPS) is 11.3. The molecule has 0 aliphatic heterocycles. The van der Waals surface area contributed by atoms with Crippen LogP contribution in [0.4, 0.5) is 0 Å². The van der Waals surface area contributed by atoms with E-state index in [0.717, 1.165) is 5.56 Å². The third-order valence-corrected chi connectivity index (χ3v) is 4.26. The Morgan fingerprint density at radius 2 is 2.12 bits per heavy atom. The van der Waals surface area contributed by atoms with Crippen LogP contribution in [0.1, 0.15) is 21.8 Å². The fourth-order valence-corrected chi connectivity index (χ4v) is 2.92. The van der Waals surface area contributed by atoms with Crippen LogP contribution < -0.4 is 10.9 Å². The van der Waals surface area contributed by atoms with E-state index >= 15 is 0 Å². The Labute approximate surface area is 142 Å². The quantitative estimate of drug-likeness (QED) is 0.620. The number of hydrogen-bond donors (Lipinski definition) is 1. The van der Waals surface area contributed by atoms with Crippen LogP contribution in [0.15, 0.2) is 52.0 Å². The Kier molecular flexibility index (Phi) is 3.42. The first kappa shape index (κ1) is 15.2. The number of fused-ring (bicyclic) bond motifs is 2. The molecule has 0 radical (unpaired) electrons. The molecule has 25 heavy (non-hydrogen) atoms. The highest BCUT2D eigenvalue weighted by atomic mass is 16.3. The van der Waals surface area contributed by atoms with Crippen molar-refractivity contribution in [3.05, 3.63) is 70.2 Å². The smallest absolute Gasteiger partial charge is 0.268 e. The summed E-state index contributed by atoms with van der Waals surface area (Å²) in [5.74, 6) is 0.369. The number of hydrogen-bond acceptors (Lipinski definition) is 4. The Hall–Kier alpha value is -3.35. The molecule has 4 rings (SSSR count). The molecule has 4 aromatic heterocycles. The number of rotatable bonds is 3. The van der Waals surface area contributed by atoms with Crippen molar-refractivity contribution in [1.82, 2.24) is 19.3 Å². The molecule has 0 fully saturated rings. The molecule has 0 spiro atoms. The molecule has 1 amide bonds. The second-order valence-electron chi connectivity index (χ2n) is 5.89. The molecular weight excluding hydrogens is 320 g/mol. The SMILES string of the molecule is Cc1cccn2c(=O)c3cc(C(=O)NCc4ccco4)n(C)c3nc12. The Bertz CT molecular complexity index is 1150. The summed E-state index contributed by atoms with van der Waals surface area (Å²) in [5, 5.41) is 3.20. The maximum absolute atomic E-state index is 12.7. The molecule has 7 nitrogen and oxygen atoms in total. The minimum absolute atomic E-state index is 0.190. The van der Waals surface area contributed by atoms with Crippen LogP contribution in [0.25, 0.3) is 16.7 Å². The second-order valence-corrected chi connectivity index (χ2v) is 5.89. The van der Waals surface area contributed by atoms with Gasteiger partial charge in [-0.1, -0.05) is 6.07 Å². The highest BCUT2D eigenvalue weighted by Crippen LogP contribution is 2.16. The van der Waals surface area contributed by atoms with Crippen molar-refractivity contribution in [1.29, 1.82) is 0 Å². The van der Waals surface area contributed by atoms with Crippen LogP contribution >= 0.6 is 0 Å². The van der Waals surface area contributed by atoms with E-state index in [9.17, 15) is 9.59 Å². The zero-order valence-corrected chi connectivity index (χ0v) is 13.8. The largest absolute Gasteiger partial charge is 0.467 e. The molecule has 0 unspecified atom stereocenters. The molecule has 0 saturated carbocycles. The van der Waals surface area contributed by atoms with Crippen molar-refractivity contribution >= 4 is 22.6 Å². The van der Waals surface area contributed by atoms with Gasteiger partial charge in [0.15, 0.2) is 0 Å². The van der Waals surface area contributed by atoms with Crippen LogP contribution in [-0.2, 0) is 13.6 Å². The lowest BCUT2D eigenvalue weighted by Crippen LogP contribution is -2.24. The van der Waals surface area contributed by atoms with Gasteiger partial charge in [0, 0.05) is 13.2 Å². The van der Waals surface area contributed by atoms with E-state index in [4.69, 9.17) is 4.42 Å². The lowest BCUT2D eigenvalue weighted by atomic mass is 10.3. The first-order valence-corrected chi connectivity index (χ1v) is 7.84. The molecule has 0 atom stereocenters. The van der Waals surface area contributed by atoms with E-state index in [-0.39, 0.29) is 18.0 Å². The highest BCUT2D eigenvalue weighted by molar-refractivity contribution is 5.98. The van der Waals surface area contributed by atoms with Crippen LogP contribution in [-0.4, -0.2) is 19.9 Å². The summed E-state index contributed by atoms with van der Waals surface area (Å²) in [6.07, 6.45) is 3.23. The number of nitrogens with one attached hydrogen (secondary N) is 1.